The largest absolute Gasteiger partial charge is 0.493 e. The zero-order valence-corrected chi connectivity index (χ0v) is 19.5. The van der Waals surface area contributed by atoms with Gasteiger partial charge in [0.1, 0.15) is 5.57 Å². The van der Waals surface area contributed by atoms with Crippen molar-refractivity contribution in [3.05, 3.63) is 57.6 Å². The van der Waals surface area contributed by atoms with Gasteiger partial charge in [0.15, 0.2) is 16.6 Å². The van der Waals surface area contributed by atoms with Crippen LogP contribution in [0.25, 0.3) is 6.08 Å². The fourth-order valence-corrected chi connectivity index (χ4v) is 3.85. The number of methoxy groups -OCH3 is 1. The molecule has 0 aliphatic carbocycles. The standard InChI is InChI=1S/C22H20Cl2N2O4S/c1-4-25-20(27)16(10-13-11-18(29-3)19(30-5-2)12-17(13)24)21(28)26(22(25)31)15-8-6-14(23)7-9-15/h6-12H,4-5H2,1-3H3/b16-10+. The highest BCUT2D eigenvalue weighted by Crippen LogP contribution is 2.35. The third-order valence-electron chi connectivity index (χ3n) is 4.61. The molecule has 0 aromatic heterocycles. The number of carbonyl (C=O) groups is 2. The Bertz CT molecular complexity index is 1070. The molecule has 0 radical (unpaired) electrons. The molecular formula is C22H20Cl2N2O4S. The lowest BCUT2D eigenvalue weighted by atomic mass is 10.0. The highest BCUT2D eigenvalue weighted by atomic mass is 35.5. The van der Waals surface area contributed by atoms with E-state index in [2.05, 4.69) is 0 Å². The molecule has 2 aromatic rings. The van der Waals surface area contributed by atoms with Gasteiger partial charge in [0.2, 0.25) is 0 Å². The Kier molecular flexibility index (Phi) is 7.20. The van der Waals surface area contributed by atoms with E-state index in [-0.39, 0.29) is 10.7 Å². The Morgan fingerprint density at radius 2 is 1.71 bits per heavy atom. The summed E-state index contributed by atoms with van der Waals surface area (Å²) in [5.41, 5.74) is 0.878. The Morgan fingerprint density at radius 3 is 2.29 bits per heavy atom. The van der Waals surface area contributed by atoms with Crippen LogP contribution in [-0.4, -0.2) is 42.1 Å². The molecule has 1 fully saturated rings. The highest BCUT2D eigenvalue weighted by molar-refractivity contribution is 7.80. The third-order valence-corrected chi connectivity index (χ3v) is 5.60. The van der Waals surface area contributed by atoms with Crippen LogP contribution in [0.15, 0.2) is 42.0 Å². The average Bonchev–Trinajstić information content (AvgIpc) is 2.74. The average molecular weight is 479 g/mol. The first-order chi connectivity index (χ1) is 14.8. The predicted octanol–water partition coefficient (Wildman–Crippen LogP) is 4.96. The molecule has 3 rings (SSSR count). The van der Waals surface area contributed by atoms with Crippen LogP contribution in [0.2, 0.25) is 10.0 Å². The molecule has 2 aromatic carbocycles. The summed E-state index contributed by atoms with van der Waals surface area (Å²) >= 11 is 17.8. The second-order valence-corrected chi connectivity index (χ2v) is 7.67. The van der Waals surface area contributed by atoms with Crippen LogP contribution in [0.5, 0.6) is 11.5 Å². The van der Waals surface area contributed by atoms with Crippen LogP contribution in [-0.2, 0) is 9.59 Å². The van der Waals surface area contributed by atoms with Gasteiger partial charge in [-0.2, -0.15) is 0 Å². The molecule has 6 nitrogen and oxygen atoms in total. The number of benzene rings is 2. The molecular weight excluding hydrogens is 459 g/mol. The summed E-state index contributed by atoms with van der Waals surface area (Å²) in [6.45, 7) is 4.36. The monoisotopic (exact) mass is 478 g/mol. The predicted molar refractivity (Wildman–Crippen MR) is 126 cm³/mol. The Hall–Kier alpha value is -2.61. The number of nitrogens with zero attached hydrogens (tertiary/aromatic N) is 2. The summed E-state index contributed by atoms with van der Waals surface area (Å²) < 4.78 is 10.9. The van der Waals surface area contributed by atoms with E-state index < -0.39 is 11.8 Å². The van der Waals surface area contributed by atoms with E-state index in [0.29, 0.717) is 45.9 Å². The number of ether oxygens (including phenoxy) is 2. The van der Waals surface area contributed by atoms with E-state index in [0.717, 1.165) is 0 Å². The van der Waals surface area contributed by atoms with Gasteiger partial charge < -0.3 is 9.47 Å². The molecule has 1 aliphatic heterocycles. The first-order valence-corrected chi connectivity index (χ1v) is 10.7. The van der Waals surface area contributed by atoms with Gasteiger partial charge in [-0.25, -0.2) is 0 Å². The van der Waals surface area contributed by atoms with Crippen LogP contribution < -0.4 is 14.4 Å². The molecule has 0 N–H and O–H groups in total. The molecule has 162 valence electrons. The SMILES string of the molecule is CCOc1cc(Cl)c(/C=C2\C(=O)N(CC)C(=S)N(c3ccc(Cl)cc3)C2=O)cc1OC. The van der Waals surface area contributed by atoms with E-state index in [1.807, 2.05) is 6.92 Å². The summed E-state index contributed by atoms with van der Waals surface area (Å²) in [4.78, 5) is 29.0. The molecule has 31 heavy (non-hydrogen) atoms. The molecule has 0 bridgehead atoms. The summed E-state index contributed by atoms with van der Waals surface area (Å²) in [5.74, 6) is -0.138. The molecule has 0 saturated carbocycles. The second kappa shape index (κ2) is 9.68. The number of rotatable bonds is 6. The lowest BCUT2D eigenvalue weighted by Gasteiger charge is -2.36. The fourth-order valence-electron chi connectivity index (χ4n) is 3.12. The maximum absolute atomic E-state index is 13.3. The van der Waals surface area contributed by atoms with E-state index in [4.69, 9.17) is 44.9 Å². The molecule has 2 amide bonds. The van der Waals surface area contributed by atoms with Crippen molar-refractivity contribution in [2.45, 2.75) is 13.8 Å². The quantitative estimate of drug-likeness (QED) is 0.333. The minimum atomic E-state index is -0.550. The molecule has 9 heteroatoms. The van der Waals surface area contributed by atoms with Crippen molar-refractivity contribution < 1.29 is 19.1 Å². The molecule has 0 spiro atoms. The van der Waals surface area contributed by atoms with Crippen LogP contribution >= 0.6 is 35.4 Å². The molecule has 0 unspecified atom stereocenters. The van der Waals surface area contributed by atoms with Crippen molar-refractivity contribution in [2.24, 2.45) is 0 Å². The van der Waals surface area contributed by atoms with Crippen molar-refractivity contribution in [1.82, 2.24) is 4.90 Å². The molecule has 1 heterocycles. The third kappa shape index (κ3) is 4.54. The topological polar surface area (TPSA) is 59.1 Å². The summed E-state index contributed by atoms with van der Waals surface area (Å²) in [6, 6.07) is 9.85. The first-order valence-electron chi connectivity index (χ1n) is 9.50. The Labute approximate surface area is 195 Å². The Balaban J connectivity index is 2.11. The van der Waals surface area contributed by atoms with Crippen LogP contribution in [0.3, 0.4) is 0 Å². The number of amides is 2. The van der Waals surface area contributed by atoms with Crippen molar-refractivity contribution in [3.8, 4) is 11.5 Å². The maximum atomic E-state index is 13.3. The van der Waals surface area contributed by atoms with Gasteiger partial charge >= 0.3 is 0 Å². The number of anilines is 1. The zero-order valence-electron chi connectivity index (χ0n) is 17.1. The number of thiocarbonyl (C=S) groups is 1. The van der Waals surface area contributed by atoms with Crippen molar-refractivity contribution >= 4 is 64.1 Å². The van der Waals surface area contributed by atoms with Gasteiger partial charge in [0.05, 0.1) is 24.4 Å². The molecule has 1 saturated heterocycles. The number of likely N-dealkylation sites (N-methyl/N-ethyl adjacent to an activating group) is 1. The van der Waals surface area contributed by atoms with Crippen molar-refractivity contribution in [1.29, 1.82) is 0 Å². The van der Waals surface area contributed by atoms with E-state index >= 15 is 0 Å². The number of halogens is 2. The minimum absolute atomic E-state index is 0.0708. The van der Waals surface area contributed by atoms with Gasteiger partial charge in [-0.1, -0.05) is 23.2 Å². The van der Waals surface area contributed by atoms with Crippen molar-refractivity contribution in [3.63, 3.8) is 0 Å². The lowest BCUT2D eigenvalue weighted by Crippen LogP contribution is -2.56. The normalized spacial score (nSPS) is 15.6. The van der Waals surface area contributed by atoms with Gasteiger partial charge in [-0.05, 0) is 68.0 Å². The summed E-state index contributed by atoms with van der Waals surface area (Å²) in [7, 11) is 1.50. The van der Waals surface area contributed by atoms with Gasteiger partial charge in [0.25, 0.3) is 11.8 Å². The second-order valence-electron chi connectivity index (χ2n) is 6.46. The number of carbonyl (C=O) groups excluding carboxylic acids is 2. The first kappa shape index (κ1) is 23.1. The van der Waals surface area contributed by atoms with E-state index in [1.54, 1.807) is 43.3 Å². The minimum Gasteiger partial charge on any atom is -0.493 e. The zero-order chi connectivity index (χ0) is 22.7. The fraction of sp³-hybridized carbons (Fsp3) is 0.227. The number of hydrogen-bond donors (Lipinski definition) is 0. The van der Waals surface area contributed by atoms with E-state index in [1.165, 1.54) is 23.0 Å². The van der Waals surface area contributed by atoms with Crippen LogP contribution in [0, 0.1) is 0 Å². The van der Waals surface area contributed by atoms with E-state index in [9.17, 15) is 9.59 Å². The summed E-state index contributed by atoms with van der Waals surface area (Å²) in [6.07, 6.45) is 1.44. The van der Waals surface area contributed by atoms with Crippen molar-refractivity contribution in [2.75, 3.05) is 25.2 Å². The smallest absolute Gasteiger partial charge is 0.270 e. The summed E-state index contributed by atoms with van der Waals surface area (Å²) in [5, 5.41) is 0.936. The Morgan fingerprint density at radius 1 is 1.03 bits per heavy atom. The van der Waals surface area contributed by atoms with Crippen LogP contribution in [0.4, 0.5) is 5.69 Å². The highest BCUT2D eigenvalue weighted by Gasteiger charge is 2.39. The van der Waals surface area contributed by atoms with Gasteiger partial charge in [-0.15, -0.1) is 0 Å². The molecule has 0 atom stereocenters. The molecule has 1 aliphatic rings. The number of hydrogen-bond acceptors (Lipinski definition) is 5. The van der Waals surface area contributed by atoms with Crippen LogP contribution in [0.1, 0.15) is 19.4 Å². The maximum Gasteiger partial charge on any atom is 0.270 e. The van der Waals surface area contributed by atoms with Gasteiger partial charge in [0, 0.05) is 17.6 Å². The van der Waals surface area contributed by atoms with Gasteiger partial charge in [-0.3, -0.25) is 19.4 Å². The lowest BCUT2D eigenvalue weighted by molar-refractivity contribution is -0.127.